The van der Waals surface area contributed by atoms with Crippen molar-refractivity contribution in [1.29, 1.82) is 0 Å². The topological polar surface area (TPSA) is 38.3 Å². The first kappa shape index (κ1) is 12.2. The largest absolute Gasteiger partial charge is 0.469 e. The Hall–Kier alpha value is -0.830. The van der Waals surface area contributed by atoms with Crippen molar-refractivity contribution in [2.24, 2.45) is 5.41 Å². The predicted octanol–water partition coefficient (Wildman–Crippen LogP) is 1.89. The molecule has 86 valence electrons. The van der Waals surface area contributed by atoms with Crippen LogP contribution < -0.4 is 5.32 Å². The number of carbonyl (C=O) groups excluding carboxylic acids is 1. The van der Waals surface area contributed by atoms with Crippen molar-refractivity contribution in [3.63, 3.8) is 0 Å². The van der Waals surface area contributed by atoms with Gasteiger partial charge in [0.2, 0.25) is 0 Å². The highest BCUT2D eigenvalue weighted by Crippen LogP contribution is 2.35. The molecule has 0 saturated carbocycles. The molecule has 0 aliphatic carbocycles. The fourth-order valence-corrected chi connectivity index (χ4v) is 2.30. The molecule has 0 aromatic heterocycles. The van der Waals surface area contributed by atoms with Crippen LogP contribution in [-0.4, -0.2) is 26.2 Å². The molecule has 0 radical (unpaired) electrons. The Balaban J connectivity index is 2.48. The normalized spacial score (nSPS) is 25.9. The summed E-state index contributed by atoms with van der Waals surface area (Å²) in [5, 5.41) is 3.40. The molecule has 3 nitrogen and oxygen atoms in total. The molecule has 0 aromatic rings. The number of allylic oxidation sites excluding steroid dienone is 1. The van der Waals surface area contributed by atoms with Gasteiger partial charge in [-0.1, -0.05) is 6.08 Å². The molecule has 1 heterocycles. The summed E-state index contributed by atoms with van der Waals surface area (Å²) in [6.45, 7) is 5.89. The molecule has 0 bridgehead atoms. The van der Waals surface area contributed by atoms with E-state index in [0.29, 0.717) is 6.42 Å². The van der Waals surface area contributed by atoms with Crippen molar-refractivity contribution in [2.75, 3.05) is 20.2 Å². The second-order valence-electron chi connectivity index (χ2n) is 4.35. The maximum atomic E-state index is 11.1. The molecule has 0 unspecified atom stereocenters. The van der Waals surface area contributed by atoms with Crippen LogP contribution in [0.4, 0.5) is 0 Å². The first-order valence-electron chi connectivity index (χ1n) is 5.61. The Kier molecular flexibility index (Phi) is 4.82. The quantitative estimate of drug-likeness (QED) is 0.557. The number of nitrogens with one attached hydrogen (secondary N) is 1. The zero-order valence-electron chi connectivity index (χ0n) is 9.55. The van der Waals surface area contributed by atoms with E-state index < -0.39 is 0 Å². The first-order chi connectivity index (χ1) is 7.22. The van der Waals surface area contributed by atoms with Crippen LogP contribution in [0, 0.1) is 5.41 Å². The van der Waals surface area contributed by atoms with E-state index >= 15 is 0 Å². The van der Waals surface area contributed by atoms with E-state index in [9.17, 15) is 4.79 Å². The maximum absolute atomic E-state index is 11.1. The molecule has 1 saturated heterocycles. The van der Waals surface area contributed by atoms with Gasteiger partial charge in [0.15, 0.2) is 0 Å². The number of rotatable bonds is 5. The molecule has 1 atom stereocenters. The van der Waals surface area contributed by atoms with Crippen LogP contribution in [0.3, 0.4) is 0 Å². The van der Waals surface area contributed by atoms with Gasteiger partial charge in [0.25, 0.3) is 0 Å². The SMILES string of the molecule is C=CC[C@]1(CCC(=O)OC)CCCNC1. The summed E-state index contributed by atoms with van der Waals surface area (Å²) in [6, 6.07) is 0. The van der Waals surface area contributed by atoms with Gasteiger partial charge in [-0.15, -0.1) is 6.58 Å². The Labute approximate surface area is 91.9 Å². The molecule has 0 aromatic carbocycles. The Morgan fingerprint density at radius 2 is 2.47 bits per heavy atom. The second-order valence-corrected chi connectivity index (χ2v) is 4.35. The van der Waals surface area contributed by atoms with Crippen molar-refractivity contribution in [1.82, 2.24) is 5.32 Å². The van der Waals surface area contributed by atoms with E-state index in [1.807, 2.05) is 6.08 Å². The smallest absolute Gasteiger partial charge is 0.305 e. The zero-order valence-corrected chi connectivity index (χ0v) is 9.55. The molecule has 15 heavy (non-hydrogen) atoms. The maximum Gasteiger partial charge on any atom is 0.305 e. The first-order valence-corrected chi connectivity index (χ1v) is 5.61. The summed E-state index contributed by atoms with van der Waals surface area (Å²) in [5.74, 6) is -0.107. The molecule has 3 heteroatoms. The summed E-state index contributed by atoms with van der Waals surface area (Å²) in [5.41, 5.74) is 0.230. The van der Waals surface area contributed by atoms with Gasteiger partial charge in [-0.25, -0.2) is 0 Å². The van der Waals surface area contributed by atoms with Gasteiger partial charge >= 0.3 is 5.97 Å². The molecule has 0 spiro atoms. The summed E-state index contributed by atoms with van der Waals surface area (Å²) < 4.78 is 4.68. The van der Waals surface area contributed by atoms with Crippen LogP contribution in [-0.2, 0) is 9.53 Å². The number of hydrogen-bond acceptors (Lipinski definition) is 3. The molecular weight excluding hydrogens is 190 g/mol. The van der Waals surface area contributed by atoms with Crippen molar-refractivity contribution in [3.05, 3.63) is 12.7 Å². The van der Waals surface area contributed by atoms with Gasteiger partial charge in [-0.2, -0.15) is 0 Å². The molecule has 1 N–H and O–H groups in total. The van der Waals surface area contributed by atoms with Gasteiger partial charge < -0.3 is 10.1 Å². The second kappa shape index (κ2) is 5.91. The average molecular weight is 211 g/mol. The lowest BCUT2D eigenvalue weighted by atomic mass is 9.74. The van der Waals surface area contributed by atoms with Crippen molar-refractivity contribution in [3.8, 4) is 0 Å². The number of ether oxygens (including phenoxy) is 1. The minimum absolute atomic E-state index is 0.107. The minimum atomic E-state index is -0.107. The van der Waals surface area contributed by atoms with Gasteiger partial charge in [-0.3, -0.25) is 4.79 Å². The minimum Gasteiger partial charge on any atom is -0.469 e. The lowest BCUT2D eigenvalue weighted by Gasteiger charge is -2.37. The van der Waals surface area contributed by atoms with Crippen molar-refractivity contribution < 1.29 is 9.53 Å². The van der Waals surface area contributed by atoms with E-state index in [4.69, 9.17) is 0 Å². The summed E-state index contributed by atoms with van der Waals surface area (Å²) in [6.07, 6.45) is 6.74. The third-order valence-corrected chi connectivity index (χ3v) is 3.23. The molecule has 0 amide bonds. The van der Waals surface area contributed by atoms with E-state index in [1.54, 1.807) is 0 Å². The molecule has 1 aliphatic rings. The van der Waals surface area contributed by atoms with Gasteiger partial charge in [0.05, 0.1) is 7.11 Å². The summed E-state index contributed by atoms with van der Waals surface area (Å²) in [4.78, 5) is 11.1. The standard InChI is InChI=1S/C12H21NO2/c1-3-6-12(7-4-9-13-10-12)8-5-11(14)15-2/h3,13H,1,4-10H2,2H3/t12-/m1/s1. The lowest BCUT2D eigenvalue weighted by Crippen LogP contribution is -2.40. The summed E-state index contributed by atoms with van der Waals surface area (Å²) in [7, 11) is 1.45. The Bertz CT molecular complexity index is 220. The van der Waals surface area contributed by atoms with E-state index in [1.165, 1.54) is 20.0 Å². The molecule has 1 rings (SSSR count). The van der Waals surface area contributed by atoms with Crippen LogP contribution in [0.15, 0.2) is 12.7 Å². The van der Waals surface area contributed by atoms with Crippen molar-refractivity contribution >= 4 is 5.97 Å². The highest BCUT2D eigenvalue weighted by molar-refractivity contribution is 5.69. The number of methoxy groups -OCH3 is 1. The fourth-order valence-electron chi connectivity index (χ4n) is 2.30. The Morgan fingerprint density at radius 3 is 3.00 bits per heavy atom. The average Bonchev–Trinajstić information content (AvgIpc) is 2.28. The third-order valence-electron chi connectivity index (χ3n) is 3.23. The van der Waals surface area contributed by atoms with Gasteiger partial charge in [-0.05, 0) is 37.6 Å². The zero-order chi connectivity index (χ0) is 11.1. The number of hydrogen-bond donors (Lipinski definition) is 1. The molecule has 1 fully saturated rings. The van der Waals surface area contributed by atoms with Crippen LogP contribution in [0.5, 0.6) is 0 Å². The van der Waals surface area contributed by atoms with Gasteiger partial charge in [0, 0.05) is 13.0 Å². The van der Waals surface area contributed by atoms with Crippen LogP contribution >= 0.6 is 0 Å². The monoisotopic (exact) mass is 211 g/mol. The molecular formula is C12H21NO2. The lowest BCUT2D eigenvalue weighted by molar-refractivity contribution is -0.141. The van der Waals surface area contributed by atoms with Gasteiger partial charge in [0.1, 0.15) is 0 Å². The predicted molar refractivity (Wildman–Crippen MR) is 60.6 cm³/mol. The molecule has 1 aliphatic heterocycles. The van der Waals surface area contributed by atoms with E-state index in [-0.39, 0.29) is 11.4 Å². The highest BCUT2D eigenvalue weighted by atomic mass is 16.5. The summed E-state index contributed by atoms with van der Waals surface area (Å²) >= 11 is 0. The highest BCUT2D eigenvalue weighted by Gasteiger charge is 2.31. The number of esters is 1. The Morgan fingerprint density at radius 1 is 1.67 bits per heavy atom. The third kappa shape index (κ3) is 3.67. The number of piperidine rings is 1. The van der Waals surface area contributed by atoms with Crippen molar-refractivity contribution in [2.45, 2.75) is 32.1 Å². The van der Waals surface area contributed by atoms with E-state index in [0.717, 1.165) is 25.9 Å². The van der Waals surface area contributed by atoms with Crippen LogP contribution in [0.1, 0.15) is 32.1 Å². The van der Waals surface area contributed by atoms with Crippen LogP contribution in [0.25, 0.3) is 0 Å². The van der Waals surface area contributed by atoms with Crippen LogP contribution in [0.2, 0.25) is 0 Å². The fraction of sp³-hybridized carbons (Fsp3) is 0.750. The van der Waals surface area contributed by atoms with E-state index in [2.05, 4.69) is 16.6 Å². The number of carbonyl (C=O) groups is 1.